The molecule has 2 bridgehead atoms. The van der Waals surface area contributed by atoms with Gasteiger partial charge in [0.1, 0.15) is 5.02 Å². The zero-order chi connectivity index (χ0) is 15.8. The molecule has 2 fully saturated rings. The lowest BCUT2D eigenvalue weighted by Gasteiger charge is -2.39. The Morgan fingerprint density at radius 2 is 1.87 bits per heavy atom. The number of rotatable bonds is 3. The first-order chi connectivity index (χ1) is 11.2. The third-order valence-corrected chi connectivity index (χ3v) is 5.45. The fourth-order valence-corrected chi connectivity index (χ4v) is 4.35. The molecule has 0 amide bonds. The number of aromatic amines is 1. The van der Waals surface area contributed by atoms with Gasteiger partial charge in [-0.15, -0.1) is 0 Å². The molecule has 5 heteroatoms. The molecule has 2 saturated heterocycles. The molecule has 120 valence electrons. The molecule has 3 heterocycles. The smallest absolute Gasteiger partial charge is 0.271 e. The van der Waals surface area contributed by atoms with Crippen molar-refractivity contribution in [3.63, 3.8) is 0 Å². The summed E-state index contributed by atoms with van der Waals surface area (Å²) in [5.41, 5.74) is 1.17. The van der Waals surface area contributed by atoms with Gasteiger partial charge in [-0.05, 0) is 43.6 Å². The molecular weight excluding hydrogens is 310 g/mol. The molecule has 4 rings (SSSR count). The summed E-state index contributed by atoms with van der Waals surface area (Å²) in [4.78, 5) is 21.3. The van der Waals surface area contributed by atoms with Crippen LogP contribution in [0.1, 0.15) is 31.2 Å². The van der Waals surface area contributed by atoms with E-state index >= 15 is 0 Å². The van der Waals surface area contributed by atoms with Gasteiger partial charge in [0, 0.05) is 12.1 Å². The van der Waals surface area contributed by atoms with Crippen LogP contribution in [0.5, 0.6) is 0 Å². The quantitative estimate of drug-likeness (QED) is 0.938. The van der Waals surface area contributed by atoms with Gasteiger partial charge in [0.05, 0.1) is 6.20 Å². The van der Waals surface area contributed by atoms with Gasteiger partial charge >= 0.3 is 0 Å². The summed E-state index contributed by atoms with van der Waals surface area (Å²) in [5.74, 6) is 1.40. The zero-order valence-corrected chi connectivity index (χ0v) is 13.7. The molecule has 2 aliphatic rings. The van der Waals surface area contributed by atoms with E-state index in [4.69, 9.17) is 11.6 Å². The standard InChI is InChI=1S/C18H20ClN3O/c19-16-11-20-18(21-17(16)23)22-14-6-7-15(22)10-13(9-14)8-12-4-2-1-3-5-12/h1-5,11,13-15H,6-10H2,(H,20,21,23)/t13?,14-,15+. The molecule has 2 aromatic rings. The average molecular weight is 330 g/mol. The van der Waals surface area contributed by atoms with Gasteiger partial charge in [0.25, 0.3) is 5.56 Å². The first kappa shape index (κ1) is 14.8. The Balaban J connectivity index is 1.51. The fourth-order valence-electron chi connectivity index (χ4n) is 4.25. The monoisotopic (exact) mass is 329 g/mol. The number of anilines is 1. The Morgan fingerprint density at radius 3 is 2.52 bits per heavy atom. The van der Waals surface area contributed by atoms with Crippen LogP contribution in [-0.4, -0.2) is 22.1 Å². The van der Waals surface area contributed by atoms with Gasteiger partial charge in [-0.3, -0.25) is 9.78 Å². The Bertz CT molecular complexity index is 731. The summed E-state index contributed by atoms with van der Waals surface area (Å²) in [6.45, 7) is 0. The summed E-state index contributed by atoms with van der Waals surface area (Å²) >= 11 is 5.80. The molecule has 1 aromatic carbocycles. The highest BCUT2D eigenvalue weighted by molar-refractivity contribution is 6.30. The molecule has 2 aliphatic heterocycles. The van der Waals surface area contributed by atoms with E-state index in [1.807, 2.05) is 0 Å². The number of H-pyrrole nitrogens is 1. The molecule has 0 radical (unpaired) electrons. The van der Waals surface area contributed by atoms with Crippen molar-refractivity contribution in [2.24, 2.45) is 5.92 Å². The van der Waals surface area contributed by atoms with E-state index in [2.05, 4.69) is 45.2 Å². The molecule has 1 N–H and O–H groups in total. The summed E-state index contributed by atoms with van der Waals surface area (Å²) in [7, 11) is 0. The van der Waals surface area contributed by atoms with Gasteiger partial charge in [-0.1, -0.05) is 41.9 Å². The maximum atomic E-state index is 11.8. The number of nitrogens with zero attached hydrogens (tertiary/aromatic N) is 2. The van der Waals surface area contributed by atoms with E-state index < -0.39 is 0 Å². The highest BCUT2D eigenvalue weighted by atomic mass is 35.5. The number of nitrogens with one attached hydrogen (secondary N) is 1. The number of hydrogen-bond acceptors (Lipinski definition) is 3. The molecule has 1 unspecified atom stereocenters. The van der Waals surface area contributed by atoms with Crippen molar-refractivity contribution in [1.82, 2.24) is 9.97 Å². The van der Waals surface area contributed by atoms with Gasteiger partial charge in [-0.2, -0.15) is 0 Å². The van der Waals surface area contributed by atoms with Crippen molar-refractivity contribution < 1.29 is 0 Å². The molecule has 3 atom stereocenters. The van der Waals surface area contributed by atoms with Crippen molar-refractivity contribution in [2.45, 2.75) is 44.2 Å². The van der Waals surface area contributed by atoms with Crippen LogP contribution in [0.15, 0.2) is 41.3 Å². The highest BCUT2D eigenvalue weighted by Gasteiger charge is 2.41. The third-order valence-electron chi connectivity index (χ3n) is 5.18. The SMILES string of the molecule is O=c1[nH]c(N2[C@@H]3CC[C@H]2CC(Cc2ccccc2)C3)ncc1Cl. The lowest BCUT2D eigenvalue weighted by Crippen LogP contribution is -2.45. The minimum Gasteiger partial charge on any atom is -0.336 e. The van der Waals surface area contributed by atoms with E-state index in [0.29, 0.717) is 23.9 Å². The van der Waals surface area contributed by atoms with Gasteiger partial charge < -0.3 is 4.90 Å². The van der Waals surface area contributed by atoms with Crippen LogP contribution in [0.2, 0.25) is 5.02 Å². The molecule has 4 nitrogen and oxygen atoms in total. The highest BCUT2D eigenvalue weighted by Crippen LogP contribution is 2.41. The van der Waals surface area contributed by atoms with Crippen LogP contribution < -0.4 is 10.5 Å². The average Bonchev–Trinajstić information content (AvgIpc) is 2.82. The Hall–Kier alpha value is -1.81. The maximum absolute atomic E-state index is 11.8. The first-order valence-corrected chi connectivity index (χ1v) is 8.65. The normalized spacial score (nSPS) is 26.5. The van der Waals surface area contributed by atoms with Gasteiger partial charge in [0.2, 0.25) is 5.95 Å². The van der Waals surface area contributed by atoms with E-state index in [0.717, 1.165) is 19.3 Å². The van der Waals surface area contributed by atoms with Crippen molar-refractivity contribution >= 4 is 17.5 Å². The van der Waals surface area contributed by atoms with E-state index in [1.165, 1.54) is 24.6 Å². The van der Waals surface area contributed by atoms with E-state index in [9.17, 15) is 4.79 Å². The molecule has 0 aliphatic carbocycles. The van der Waals surface area contributed by atoms with E-state index in [-0.39, 0.29) is 10.6 Å². The number of halogens is 1. The minimum atomic E-state index is -0.248. The summed E-state index contributed by atoms with van der Waals surface area (Å²) in [6.07, 6.45) is 7.30. The molecule has 0 spiro atoms. The van der Waals surface area contributed by atoms with Crippen molar-refractivity contribution in [2.75, 3.05) is 4.90 Å². The van der Waals surface area contributed by atoms with Crippen molar-refractivity contribution in [3.8, 4) is 0 Å². The van der Waals surface area contributed by atoms with Crippen LogP contribution in [-0.2, 0) is 6.42 Å². The first-order valence-electron chi connectivity index (χ1n) is 8.28. The van der Waals surface area contributed by atoms with Crippen LogP contribution in [0.3, 0.4) is 0 Å². The minimum absolute atomic E-state index is 0.153. The van der Waals surface area contributed by atoms with Crippen molar-refractivity contribution in [1.29, 1.82) is 0 Å². The molecule has 23 heavy (non-hydrogen) atoms. The Labute approximate surface area is 140 Å². The third kappa shape index (κ3) is 2.88. The molecule has 0 saturated carbocycles. The van der Waals surface area contributed by atoms with Crippen LogP contribution in [0.25, 0.3) is 0 Å². The van der Waals surface area contributed by atoms with Crippen molar-refractivity contribution in [3.05, 3.63) is 57.5 Å². The number of hydrogen-bond donors (Lipinski definition) is 1. The Morgan fingerprint density at radius 1 is 1.17 bits per heavy atom. The maximum Gasteiger partial charge on any atom is 0.271 e. The second kappa shape index (κ2) is 6.00. The van der Waals surface area contributed by atoms with Crippen LogP contribution >= 0.6 is 11.6 Å². The summed E-state index contributed by atoms with van der Waals surface area (Å²) in [5, 5.41) is 0.153. The summed E-state index contributed by atoms with van der Waals surface area (Å²) < 4.78 is 0. The van der Waals surface area contributed by atoms with Crippen LogP contribution in [0.4, 0.5) is 5.95 Å². The Kier molecular flexibility index (Phi) is 3.85. The number of benzene rings is 1. The van der Waals surface area contributed by atoms with Crippen LogP contribution in [0, 0.1) is 5.92 Å². The summed E-state index contributed by atoms with van der Waals surface area (Å²) in [6, 6.07) is 11.7. The van der Waals surface area contributed by atoms with E-state index in [1.54, 1.807) is 0 Å². The number of piperidine rings is 1. The predicted molar refractivity (Wildman–Crippen MR) is 92.0 cm³/mol. The second-order valence-corrected chi connectivity index (χ2v) is 7.11. The lowest BCUT2D eigenvalue weighted by atomic mass is 9.86. The molecule has 1 aromatic heterocycles. The number of fused-ring (bicyclic) bond motifs is 2. The number of aromatic nitrogens is 2. The fraction of sp³-hybridized carbons (Fsp3) is 0.444. The molecular formula is C18H20ClN3O. The van der Waals surface area contributed by atoms with Gasteiger partial charge in [-0.25, -0.2) is 4.98 Å². The zero-order valence-electron chi connectivity index (χ0n) is 12.9. The lowest BCUT2D eigenvalue weighted by molar-refractivity contribution is 0.334. The largest absolute Gasteiger partial charge is 0.336 e. The van der Waals surface area contributed by atoms with Gasteiger partial charge in [0.15, 0.2) is 0 Å². The second-order valence-electron chi connectivity index (χ2n) is 6.70. The topological polar surface area (TPSA) is 49.0 Å². The predicted octanol–water partition coefficient (Wildman–Crippen LogP) is 3.41.